The summed E-state index contributed by atoms with van der Waals surface area (Å²) in [5, 5.41) is 0. The van der Waals surface area contributed by atoms with Gasteiger partial charge in [-0.15, -0.1) is 0 Å². The van der Waals surface area contributed by atoms with Crippen molar-refractivity contribution in [3.05, 3.63) is 70.8 Å². The summed E-state index contributed by atoms with van der Waals surface area (Å²) in [6.07, 6.45) is 9.95. The zero-order chi connectivity index (χ0) is 18.0. The first-order valence-electron chi connectivity index (χ1n) is 10.4. The van der Waals surface area contributed by atoms with Crippen molar-refractivity contribution >= 4 is 0 Å². The van der Waals surface area contributed by atoms with Gasteiger partial charge in [0.2, 0.25) is 0 Å². The van der Waals surface area contributed by atoms with Crippen LogP contribution in [0.2, 0.25) is 0 Å². The van der Waals surface area contributed by atoms with Crippen LogP contribution < -0.4 is 0 Å². The molecule has 5 rings (SSSR count). The number of fused-ring (bicyclic) bond motifs is 3. The summed E-state index contributed by atoms with van der Waals surface area (Å²) in [4.78, 5) is 0. The molecule has 3 aliphatic carbocycles. The predicted octanol–water partition coefficient (Wildman–Crippen LogP) is 6.46. The smallest absolute Gasteiger partial charge is 0.0319 e. The van der Waals surface area contributed by atoms with E-state index in [0.29, 0.717) is 5.41 Å². The van der Waals surface area contributed by atoms with Crippen LogP contribution in [0.3, 0.4) is 0 Å². The third-order valence-corrected chi connectivity index (χ3v) is 7.06. The van der Waals surface area contributed by atoms with Gasteiger partial charge in [0.15, 0.2) is 0 Å². The van der Waals surface area contributed by atoms with Crippen LogP contribution in [-0.4, -0.2) is 0 Å². The van der Waals surface area contributed by atoms with Gasteiger partial charge in [0, 0.05) is 11.0 Å². The van der Waals surface area contributed by atoms with E-state index in [0.717, 1.165) is 12.8 Å². The second-order valence-electron chi connectivity index (χ2n) is 8.41. The van der Waals surface area contributed by atoms with Crippen LogP contribution in [0.4, 0.5) is 0 Å². The summed E-state index contributed by atoms with van der Waals surface area (Å²) in [5.41, 5.74) is 6.29. The molecule has 134 valence electrons. The number of hydrogen-bond acceptors (Lipinski definition) is 0. The molecule has 0 spiro atoms. The predicted molar refractivity (Wildman–Crippen MR) is 110 cm³/mol. The lowest BCUT2D eigenvalue weighted by Crippen LogP contribution is -2.43. The summed E-state index contributed by atoms with van der Waals surface area (Å²) < 4.78 is 0. The minimum absolute atomic E-state index is 0.272. The number of benzene rings is 2. The molecule has 0 heterocycles. The molecule has 0 N–H and O–H groups in total. The highest BCUT2D eigenvalue weighted by Gasteiger charge is 2.48. The van der Waals surface area contributed by atoms with Gasteiger partial charge < -0.3 is 0 Å². The van der Waals surface area contributed by atoms with Gasteiger partial charge in [-0.25, -0.2) is 0 Å². The first kappa shape index (κ1) is 17.4. The first-order chi connectivity index (χ1) is 12.7. The molecule has 3 fully saturated rings. The fraction of sp³-hybridized carbons (Fsp3) is 0.462. The molecule has 0 radical (unpaired) electrons. The maximum atomic E-state index is 3.71. The Hall–Kier alpha value is -2.00. The topological polar surface area (TPSA) is 0 Å². The number of rotatable bonds is 3. The van der Waals surface area contributed by atoms with Crippen LogP contribution in [-0.2, 0) is 18.3 Å². The number of hydrogen-bond donors (Lipinski definition) is 0. The van der Waals surface area contributed by atoms with Crippen molar-refractivity contribution in [2.45, 2.75) is 70.6 Å². The molecule has 3 saturated carbocycles. The Morgan fingerprint density at radius 1 is 0.692 bits per heavy atom. The maximum absolute atomic E-state index is 3.71. The minimum Gasteiger partial charge on any atom is -0.0911 e. The Balaban J connectivity index is 1.49. The highest BCUT2D eigenvalue weighted by atomic mass is 14.5. The van der Waals surface area contributed by atoms with Gasteiger partial charge in [-0.05, 0) is 85.6 Å². The molecule has 2 bridgehead atoms. The van der Waals surface area contributed by atoms with Gasteiger partial charge in [0.25, 0.3) is 0 Å². The molecular formula is C26H30. The van der Waals surface area contributed by atoms with Gasteiger partial charge in [-0.2, -0.15) is 0 Å². The van der Waals surface area contributed by atoms with Crippen molar-refractivity contribution in [3.63, 3.8) is 0 Å². The van der Waals surface area contributed by atoms with E-state index in [1.807, 2.05) is 0 Å². The van der Waals surface area contributed by atoms with E-state index in [1.54, 1.807) is 5.56 Å². The fourth-order valence-electron chi connectivity index (χ4n) is 4.93. The first-order valence-corrected chi connectivity index (χ1v) is 10.4. The zero-order valence-corrected chi connectivity index (χ0v) is 16.3. The number of aryl methyl sites for hydroxylation is 2. The van der Waals surface area contributed by atoms with Crippen LogP contribution in [0.5, 0.6) is 0 Å². The van der Waals surface area contributed by atoms with Crippen molar-refractivity contribution in [3.8, 4) is 11.8 Å². The Labute approximate surface area is 159 Å². The molecule has 0 aliphatic heterocycles. The minimum atomic E-state index is 0.272. The standard InChI is InChI=1S/C26H30/c1-3-21-5-7-23(8-6-21)13-14-25-15-18-26(19-16-25,20-17-25)24-11-9-22(4-2)10-12-24/h5-12H,3-4,15-20H2,1-2H3. The lowest BCUT2D eigenvalue weighted by Gasteiger charge is -2.51. The lowest BCUT2D eigenvalue weighted by molar-refractivity contribution is 0.0865. The van der Waals surface area contributed by atoms with Gasteiger partial charge >= 0.3 is 0 Å². The van der Waals surface area contributed by atoms with Crippen molar-refractivity contribution in [1.82, 2.24) is 0 Å². The third-order valence-electron chi connectivity index (χ3n) is 7.06. The van der Waals surface area contributed by atoms with Crippen molar-refractivity contribution < 1.29 is 0 Å². The van der Waals surface area contributed by atoms with Crippen LogP contribution >= 0.6 is 0 Å². The molecule has 0 amide bonds. The van der Waals surface area contributed by atoms with Crippen LogP contribution in [0.15, 0.2) is 48.5 Å². The maximum Gasteiger partial charge on any atom is 0.0319 e. The lowest BCUT2D eigenvalue weighted by atomic mass is 9.52. The largest absolute Gasteiger partial charge is 0.0911 e. The van der Waals surface area contributed by atoms with E-state index in [9.17, 15) is 0 Å². The molecule has 26 heavy (non-hydrogen) atoms. The monoisotopic (exact) mass is 342 g/mol. The highest BCUT2D eigenvalue weighted by molar-refractivity contribution is 5.39. The van der Waals surface area contributed by atoms with Gasteiger partial charge in [0.05, 0.1) is 0 Å². The average molecular weight is 343 g/mol. The Morgan fingerprint density at radius 3 is 1.69 bits per heavy atom. The van der Waals surface area contributed by atoms with Crippen LogP contribution in [0, 0.1) is 17.3 Å². The molecule has 2 aromatic carbocycles. The van der Waals surface area contributed by atoms with Gasteiger partial charge in [0.1, 0.15) is 0 Å². The zero-order valence-electron chi connectivity index (χ0n) is 16.3. The Kier molecular flexibility index (Phi) is 4.66. The summed E-state index contributed by atoms with van der Waals surface area (Å²) in [5.74, 6) is 7.21. The van der Waals surface area contributed by atoms with Crippen molar-refractivity contribution in [2.24, 2.45) is 5.41 Å². The second-order valence-corrected chi connectivity index (χ2v) is 8.41. The molecule has 3 aliphatic rings. The summed E-state index contributed by atoms with van der Waals surface area (Å²) in [6.45, 7) is 4.43. The molecule has 0 unspecified atom stereocenters. The average Bonchev–Trinajstić information content (AvgIpc) is 2.74. The third kappa shape index (κ3) is 3.21. The molecule has 0 heteroatoms. The van der Waals surface area contributed by atoms with Gasteiger partial charge in [-0.1, -0.05) is 62.1 Å². The van der Waals surface area contributed by atoms with Gasteiger partial charge in [-0.3, -0.25) is 0 Å². The quantitative estimate of drug-likeness (QED) is 0.562. The van der Waals surface area contributed by atoms with Crippen LogP contribution in [0.25, 0.3) is 0 Å². The van der Waals surface area contributed by atoms with E-state index in [4.69, 9.17) is 0 Å². The molecular weight excluding hydrogens is 312 g/mol. The molecule has 2 aromatic rings. The second kappa shape index (κ2) is 6.96. The van der Waals surface area contributed by atoms with E-state index < -0.39 is 0 Å². The van der Waals surface area contributed by atoms with Crippen molar-refractivity contribution in [1.29, 1.82) is 0 Å². The Bertz CT molecular complexity index is 787. The summed E-state index contributed by atoms with van der Waals surface area (Å²) in [7, 11) is 0. The van der Waals surface area contributed by atoms with Crippen LogP contribution in [0.1, 0.15) is 74.6 Å². The molecule has 0 nitrogen and oxygen atoms in total. The Morgan fingerprint density at radius 2 is 1.19 bits per heavy atom. The summed E-state index contributed by atoms with van der Waals surface area (Å²) >= 11 is 0. The van der Waals surface area contributed by atoms with E-state index in [1.165, 1.54) is 55.2 Å². The molecule has 0 atom stereocenters. The molecule has 0 saturated heterocycles. The normalized spacial score (nSPS) is 27.0. The summed E-state index contributed by atoms with van der Waals surface area (Å²) in [6, 6.07) is 18.3. The SMILES string of the molecule is CCc1ccc(C#CC23CCC(c4ccc(CC)cc4)(CC2)CC3)cc1. The van der Waals surface area contributed by atoms with Crippen molar-refractivity contribution in [2.75, 3.05) is 0 Å². The molecule has 0 aromatic heterocycles. The van der Waals surface area contributed by atoms with E-state index >= 15 is 0 Å². The van der Waals surface area contributed by atoms with E-state index in [-0.39, 0.29) is 5.41 Å². The fourth-order valence-corrected chi connectivity index (χ4v) is 4.93. The highest BCUT2D eigenvalue weighted by Crippen LogP contribution is 2.57. The van der Waals surface area contributed by atoms with E-state index in [2.05, 4.69) is 74.2 Å².